The van der Waals surface area contributed by atoms with E-state index in [1.54, 1.807) is 0 Å². The normalized spacial score (nSPS) is 40.1. The van der Waals surface area contributed by atoms with Gasteiger partial charge in [0.05, 0.1) is 0 Å². The molecule has 64 valence electrons. The first-order valence-corrected chi connectivity index (χ1v) is 5.10. The van der Waals surface area contributed by atoms with Gasteiger partial charge in [-0.15, -0.1) is 0 Å². The summed E-state index contributed by atoms with van der Waals surface area (Å²) in [6.45, 7) is 5.17. The Balaban J connectivity index is 1.77. The lowest BCUT2D eigenvalue weighted by molar-refractivity contribution is 0.0812. The van der Waals surface area contributed by atoms with E-state index in [0.717, 1.165) is 12.0 Å². The number of nitrogens with zero attached hydrogens (tertiary/aromatic N) is 1. The van der Waals surface area contributed by atoms with Crippen molar-refractivity contribution >= 4 is 0 Å². The fraction of sp³-hybridized carbons (Fsp3) is 1.00. The van der Waals surface area contributed by atoms with E-state index in [0.29, 0.717) is 0 Å². The molecule has 0 N–H and O–H groups in total. The van der Waals surface area contributed by atoms with Gasteiger partial charge in [0.15, 0.2) is 0 Å². The lowest BCUT2D eigenvalue weighted by Crippen LogP contribution is -2.46. The van der Waals surface area contributed by atoms with Crippen molar-refractivity contribution in [3.8, 4) is 0 Å². The van der Waals surface area contributed by atoms with E-state index >= 15 is 0 Å². The van der Waals surface area contributed by atoms with Crippen LogP contribution in [0, 0.1) is 5.92 Å². The fourth-order valence-corrected chi connectivity index (χ4v) is 2.31. The first-order chi connectivity index (χ1) is 5.36. The summed E-state index contributed by atoms with van der Waals surface area (Å²) in [5.41, 5.74) is 0. The van der Waals surface area contributed by atoms with E-state index < -0.39 is 0 Å². The summed E-state index contributed by atoms with van der Waals surface area (Å²) in [6, 6.07) is 0.972. The van der Waals surface area contributed by atoms with Crippen LogP contribution < -0.4 is 0 Å². The fourth-order valence-electron chi connectivity index (χ4n) is 2.31. The van der Waals surface area contributed by atoms with Gasteiger partial charge in [0, 0.05) is 6.04 Å². The summed E-state index contributed by atoms with van der Waals surface area (Å²) in [5, 5.41) is 0. The van der Waals surface area contributed by atoms with Crippen molar-refractivity contribution in [1.82, 2.24) is 4.90 Å². The third-order valence-electron chi connectivity index (χ3n) is 3.39. The minimum absolute atomic E-state index is 0.972. The second kappa shape index (κ2) is 3.14. The van der Waals surface area contributed by atoms with Gasteiger partial charge in [-0.05, 0) is 51.1 Å². The third kappa shape index (κ3) is 1.58. The Kier molecular flexibility index (Phi) is 2.17. The van der Waals surface area contributed by atoms with Crippen molar-refractivity contribution in [2.75, 3.05) is 13.1 Å². The van der Waals surface area contributed by atoms with Crippen LogP contribution in [0.1, 0.15) is 39.0 Å². The first-order valence-electron chi connectivity index (χ1n) is 5.10. The van der Waals surface area contributed by atoms with Crippen LogP contribution >= 0.6 is 0 Å². The minimum atomic E-state index is 0.972. The standard InChI is InChI=1S/C10H19N/c1-9-3-5-10(6-4-9)11-7-2-8-11/h9-10H,2-8H2,1H3/t9-,10-. The zero-order chi connectivity index (χ0) is 7.68. The van der Waals surface area contributed by atoms with Crippen LogP contribution in [0.2, 0.25) is 0 Å². The molecule has 2 fully saturated rings. The molecule has 1 heteroatoms. The lowest BCUT2D eigenvalue weighted by Gasteiger charge is -2.41. The van der Waals surface area contributed by atoms with Crippen LogP contribution in [0.4, 0.5) is 0 Å². The van der Waals surface area contributed by atoms with E-state index in [9.17, 15) is 0 Å². The Morgan fingerprint density at radius 3 is 2.09 bits per heavy atom. The van der Waals surface area contributed by atoms with Gasteiger partial charge in [-0.3, -0.25) is 0 Å². The molecular weight excluding hydrogens is 134 g/mol. The van der Waals surface area contributed by atoms with Crippen LogP contribution in [-0.4, -0.2) is 24.0 Å². The van der Waals surface area contributed by atoms with Crippen LogP contribution in [0.25, 0.3) is 0 Å². The topological polar surface area (TPSA) is 3.24 Å². The van der Waals surface area contributed by atoms with Crippen molar-refractivity contribution in [3.05, 3.63) is 0 Å². The molecule has 11 heavy (non-hydrogen) atoms. The molecule has 1 aliphatic heterocycles. The van der Waals surface area contributed by atoms with E-state index in [2.05, 4.69) is 11.8 Å². The molecule has 2 rings (SSSR count). The second-order valence-corrected chi connectivity index (χ2v) is 4.30. The average molecular weight is 153 g/mol. The van der Waals surface area contributed by atoms with Crippen molar-refractivity contribution in [1.29, 1.82) is 0 Å². The summed E-state index contributed by atoms with van der Waals surface area (Å²) in [5.74, 6) is 1.01. The van der Waals surface area contributed by atoms with Crippen molar-refractivity contribution in [3.63, 3.8) is 0 Å². The summed E-state index contributed by atoms with van der Waals surface area (Å²) in [4.78, 5) is 2.67. The Labute approximate surface area is 69.8 Å². The molecule has 0 aromatic heterocycles. The number of hydrogen-bond acceptors (Lipinski definition) is 1. The summed E-state index contributed by atoms with van der Waals surface area (Å²) < 4.78 is 0. The second-order valence-electron chi connectivity index (χ2n) is 4.30. The van der Waals surface area contributed by atoms with Gasteiger partial charge >= 0.3 is 0 Å². The molecule has 0 radical (unpaired) electrons. The van der Waals surface area contributed by atoms with Crippen molar-refractivity contribution in [2.45, 2.75) is 45.1 Å². The first kappa shape index (κ1) is 7.60. The maximum absolute atomic E-state index is 2.67. The molecule has 0 amide bonds. The predicted octanol–water partition coefficient (Wildman–Crippen LogP) is 2.27. The van der Waals surface area contributed by atoms with E-state index in [1.807, 2.05) is 0 Å². The zero-order valence-corrected chi connectivity index (χ0v) is 7.55. The molecule has 1 aliphatic carbocycles. The van der Waals surface area contributed by atoms with E-state index in [1.165, 1.54) is 45.2 Å². The Morgan fingerprint density at radius 2 is 1.64 bits per heavy atom. The van der Waals surface area contributed by atoms with Gasteiger partial charge in [0.2, 0.25) is 0 Å². The van der Waals surface area contributed by atoms with Crippen molar-refractivity contribution < 1.29 is 0 Å². The Bertz CT molecular complexity index is 121. The molecule has 0 aromatic rings. The summed E-state index contributed by atoms with van der Waals surface area (Å²) >= 11 is 0. The van der Waals surface area contributed by atoms with Crippen LogP contribution in [0.5, 0.6) is 0 Å². The lowest BCUT2D eigenvalue weighted by atomic mass is 9.85. The maximum atomic E-state index is 2.67. The van der Waals surface area contributed by atoms with E-state index in [-0.39, 0.29) is 0 Å². The van der Waals surface area contributed by atoms with Gasteiger partial charge in [-0.1, -0.05) is 6.92 Å². The van der Waals surface area contributed by atoms with Gasteiger partial charge in [-0.25, -0.2) is 0 Å². The van der Waals surface area contributed by atoms with Gasteiger partial charge in [-0.2, -0.15) is 0 Å². The Morgan fingerprint density at radius 1 is 1.00 bits per heavy atom. The molecular formula is C10H19N. The number of rotatable bonds is 1. The van der Waals surface area contributed by atoms with Gasteiger partial charge < -0.3 is 4.90 Å². The highest BCUT2D eigenvalue weighted by Crippen LogP contribution is 2.29. The predicted molar refractivity (Wildman–Crippen MR) is 47.6 cm³/mol. The maximum Gasteiger partial charge on any atom is 0.00954 e. The molecule has 1 saturated heterocycles. The highest BCUT2D eigenvalue weighted by atomic mass is 15.2. The highest BCUT2D eigenvalue weighted by molar-refractivity contribution is 4.82. The van der Waals surface area contributed by atoms with Gasteiger partial charge in [0.25, 0.3) is 0 Å². The summed E-state index contributed by atoms with van der Waals surface area (Å²) in [7, 11) is 0. The van der Waals surface area contributed by atoms with Crippen molar-refractivity contribution in [2.24, 2.45) is 5.92 Å². The molecule has 1 saturated carbocycles. The monoisotopic (exact) mass is 153 g/mol. The quantitative estimate of drug-likeness (QED) is 0.558. The smallest absolute Gasteiger partial charge is 0.00954 e. The largest absolute Gasteiger partial charge is 0.300 e. The molecule has 0 aromatic carbocycles. The number of likely N-dealkylation sites (tertiary alicyclic amines) is 1. The van der Waals surface area contributed by atoms with E-state index in [4.69, 9.17) is 0 Å². The van der Waals surface area contributed by atoms with Gasteiger partial charge in [0.1, 0.15) is 0 Å². The highest BCUT2D eigenvalue weighted by Gasteiger charge is 2.26. The SMILES string of the molecule is C[C@H]1CC[C@H](N2CCC2)CC1. The van der Waals surface area contributed by atoms with Crippen LogP contribution in [-0.2, 0) is 0 Å². The van der Waals surface area contributed by atoms with Crippen LogP contribution in [0.3, 0.4) is 0 Å². The average Bonchev–Trinajstić information content (AvgIpc) is 1.90. The molecule has 1 nitrogen and oxygen atoms in total. The minimum Gasteiger partial charge on any atom is -0.300 e. The molecule has 0 spiro atoms. The number of hydrogen-bond donors (Lipinski definition) is 0. The summed E-state index contributed by atoms with van der Waals surface area (Å²) in [6.07, 6.45) is 7.34. The van der Waals surface area contributed by atoms with Crippen LogP contribution in [0.15, 0.2) is 0 Å². The molecule has 0 atom stereocenters. The molecule has 2 aliphatic rings. The molecule has 0 bridgehead atoms. The molecule has 0 unspecified atom stereocenters. The zero-order valence-electron chi connectivity index (χ0n) is 7.55. The molecule has 1 heterocycles. The Hall–Kier alpha value is -0.0400. The third-order valence-corrected chi connectivity index (χ3v) is 3.39.